The molecule has 0 bridgehead atoms. The number of carbonyl (C=O) groups is 1. The standard InChI is InChI=1S/C21H20ClN3O3S/c1-13(2)12-24-20(26)19(11-15-6-9-17(22)18(10-15)25(27)28)29-21(24)23-16-7-4-14(3)5-8-16/h4-11,13H,12H2,1-3H3/b19-11+,23-21?. The molecule has 1 aliphatic heterocycles. The summed E-state index contributed by atoms with van der Waals surface area (Å²) in [6, 6.07) is 12.2. The Kier molecular flexibility index (Phi) is 6.39. The molecule has 3 rings (SSSR count). The van der Waals surface area contributed by atoms with Crippen LogP contribution >= 0.6 is 23.4 Å². The van der Waals surface area contributed by atoms with Crippen molar-refractivity contribution < 1.29 is 9.72 Å². The van der Waals surface area contributed by atoms with Crippen molar-refractivity contribution in [3.63, 3.8) is 0 Å². The van der Waals surface area contributed by atoms with Crippen molar-refractivity contribution in [3.8, 4) is 0 Å². The van der Waals surface area contributed by atoms with Crippen molar-refractivity contribution in [1.29, 1.82) is 0 Å². The first kappa shape index (κ1) is 21.1. The fourth-order valence-corrected chi connectivity index (χ4v) is 3.95. The number of benzene rings is 2. The maximum Gasteiger partial charge on any atom is 0.288 e. The topological polar surface area (TPSA) is 75.8 Å². The first-order chi connectivity index (χ1) is 13.7. The average molecular weight is 430 g/mol. The summed E-state index contributed by atoms with van der Waals surface area (Å²) in [7, 11) is 0. The van der Waals surface area contributed by atoms with Crippen LogP contribution in [0, 0.1) is 23.0 Å². The third kappa shape index (κ3) is 5.05. The van der Waals surface area contributed by atoms with Crippen molar-refractivity contribution in [2.24, 2.45) is 10.9 Å². The van der Waals surface area contributed by atoms with Crippen molar-refractivity contribution in [2.45, 2.75) is 20.8 Å². The molecule has 0 saturated carbocycles. The van der Waals surface area contributed by atoms with E-state index in [0.29, 0.717) is 22.2 Å². The number of nitro groups is 1. The van der Waals surface area contributed by atoms with E-state index in [4.69, 9.17) is 11.6 Å². The van der Waals surface area contributed by atoms with Gasteiger partial charge in [-0.2, -0.15) is 0 Å². The number of nitro benzene ring substituents is 1. The average Bonchev–Trinajstić information content (AvgIpc) is 2.93. The molecule has 29 heavy (non-hydrogen) atoms. The zero-order valence-electron chi connectivity index (χ0n) is 16.3. The Morgan fingerprint density at radius 2 is 1.93 bits per heavy atom. The second-order valence-electron chi connectivity index (χ2n) is 7.12. The van der Waals surface area contributed by atoms with Gasteiger partial charge in [-0.1, -0.05) is 49.2 Å². The van der Waals surface area contributed by atoms with Gasteiger partial charge in [-0.15, -0.1) is 0 Å². The van der Waals surface area contributed by atoms with Crippen LogP contribution in [0.5, 0.6) is 0 Å². The molecule has 1 fully saturated rings. The number of hydrogen-bond donors (Lipinski definition) is 0. The minimum Gasteiger partial charge on any atom is -0.286 e. The monoisotopic (exact) mass is 429 g/mol. The Morgan fingerprint density at radius 3 is 2.55 bits per heavy atom. The van der Waals surface area contributed by atoms with Gasteiger partial charge in [0.25, 0.3) is 11.6 Å². The van der Waals surface area contributed by atoms with Crippen LogP contribution in [0.1, 0.15) is 25.0 Å². The van der Waals surface area contributed by atoms with Crippen LogP contribution in [-0.4, -0.2) is 27.4 Å². The maximum atomic E-state index is 13.0. The molecule has 2 aromatic rings. The lowest BCUT2D eigenvalue weighted by Crippen LogP contribution is -2.32. The number of halogens is 1. The van der Waals surface area contributed by atoms with Gasteiger partial charge in [-0.3, -0.25) is 19.8 Å². The number of thioether (sulfide) groups is 1. The quantitative estimate of drug-likeness (QED) is 0.341. The summed E-state index contributed by atoms with van der Waals surface area (Å²) in [6.07, 6.45) is 1.64. The highest BCUT2D eigenvalue weighted by Gasteiger charge is 2.33. The Labute approximate surface area is 178 Å². The largest absolute Gasteiger partial charge is 0.288 e. The number of nitrogens with zero attached hydrogens (tertiary/aromatic N) is 3. The van der Waals surface area contributed by atoms with Gasteiger partial charge in [0.1, 0.15) is 5.02 Å². The summed E-state index contributed by atoms with van der Waals surface area (Å²) >= 11 is 7.15. The van der Waals surface area contributed by atoms with E-state index in [9.17, 15) is 14.9 Å². The van der Waals surface area contributed by atoms with Crippen molar-refractivity contribution in [2.75, 3.05) is 6.54 Å². The smallest absolute Gasteiger partial charge is 0.286 e. The lowest BCUT2D eigenvalue weighted by atomic mass is 10.1. The first-order valence-electron chi connectivity index (χ1n) is 9.05. The lowest BCUT2D eigenvalue weighted by Gasteiger charge is -2.17. The van der Waals surface area contributed by atoms with Crippen LogP contribution < -0.4 is 0 Å². The predicted molar refractivity (Wildman–Crippen MR) is 118 cm³/mol. The molecular weight excluding hydrogens is 410 g/mol. The number of hydrogen-bond acceptors (Lipinski definition) is 5. The molecule has 0 N–H and O–H groups in total. The Hall–Kier alpha value is -2.64. The molecule has 1 saturated heterocycles. The normalized spacial score (nSPS) is 17.0. The van der Waals surface area contributed by atoms with Crippen LogP contribution in [0.2, 0.25) is 5.02 Å². The van der Waals surface area contributed by atoms with Crippen LogP contribution in [0.25, 0.3) is 6.08 Å². The molecule has 8 heteroatoms. The van der Waals surface area contributed by atoms with E-state index < -0.39 is 4.92 Å². The van der Waals surface area contributed by atoms with Crippen LogP contribution in [0.4, 0.5) is 11.4 Å². The number of aryl methyl sites for hydroxylation is 1. The molecular formula is C21H20ClN3O3S. The fraction of sp³-hybridized carbons (Fsp3) is 0.238. The maximum absolute atomic E-state index is 13.0. The van der Waals surface area contributed by atoms with Crippen LogP contribution in [0.15, 0.2) is 52.4 Å². The molecule has 0 aromatic heterocycles. The van der Waals surface area contributed by atoms with Gasteiger partial charge in [0.15, 0.2) is 5.17 Å². The summed E-state index contributed by atoms with van der Waals surface area (Å²) in [5, 5.41) is 11.8. The highest BCUT2D eigenvalue weighted by molar-refractivity contribution is 8.18. The molecule has 2 aromatic carbocycles. The highest BCUT2D eigenvalue weighted by Crippen LogP contribution is 2.35. The molecule has 0 atom stereocenters. The number of amides is 1. The van der Waals surface area contributed by atoms with E-state index in [-0.39, 0.29) is 22.5 Å². The van der Waals surface area contributed by atoms with E-state index in [1.807, 2.05) is 45.0 Å². The molecule has 1 amide bonds. The molecule has 1 aliphatic rings. The summed E-state index contributed by atoms with van der Waals surface area (Å²) < 4.78 is 0. The summed E-state index contributed by atoms with van der Waals surface area (Å²) in [4.78, 5) is 30.3. The predicted octanol–water partition coefficient (Wildman–Crippen LogP) is 5.82. The molecule has 0 unspecified atom stereocenters. The second kappa shape index (κ2) is 8.80. The molecule has 1 heterocycles. The first-order valence-corrected chi connectivity index (χ1v) is 10.2. The van der Waals surface area contributed by atoms with Crippen molar-refractivity contribution in [3.05, 3.63) is 73.6 Å². The van der Waals surface area contributed by atoms with Gasteiger partial charge in [-0.05, 0) is 54.4 Å². The van der Waals surface area contributed by atoms with Gasteiger partial charge in [0.2, 0.25) is 0 Å². The van der Waals surface area contributed by atoms with E-state index in [0.717, 1.165) is 11.3 Å². The summed E-state index contributed by atoms with van der Waals surface area (Å²) in [5.41, 5.74) is 2.25. The molecule has 150 valence electrons. The van der Waals surface area contributed by atoms with Crippen LogP contribution in [0.3, 0.4) is 0 Å². The zero-order valence-corrected chi connectivity index (χ0v) is 17.8. The van der Waals surface area contributed by atoms with E-state index in [1.54, 1.807) is 17.0 Å². The van der Waals surface area contributed by atoms with E-state index in [2.05, 4.69) is 4.99 Å². The van der Waals surface area contributed by atoms with Gasteiger partial charge < -0.3 is 0 Å². The minimum absolute atomic E-state index is 0.0607. The number of carbonyl (C=O) groups excluding carboxylic acids is 1. The Bertz CT molecular complexity index is 1020. The highest BCUT2D eigenvalue weighted by atomic mass is 35.5. The lowest BCUT2D eigenvalue weighted by molar-refractivity contribution is -0.384. The molecule has 0 aliphatic carbocycles. The van der Waals surface area contributed by atoms with E-state index >= 15 is 0 Å². The molecule has 6 nitrogen and oxygen atoms in total. The second-order valence-corrected chi connectivity index (χ2v) is 8.53. The number of amidine groups is 1. The zero-order chi connectivity index (χ0) is 21.1. The summed E-state index contributed by atoms with van der Waals surface area (Å²) in [6.45, 7) is 6.61. The Morgan fingerprint density at radius 1 is 1.24 bits per heavy atom. The fourth-order valence-electron chi connectivity index (χ4n) is 2.76. The van der Waals surface area contributed by atoms with Gasteiger partial charge in [0.05, 0.1) is 15.5 Å². The number of rotatable bonds is 5. The third-order valence-electron chi connectivity index (χ3n) is 4.16. The molecule has 0 spiro atoms. The van der Waals surface area contributed by atoms with Crippen LogP contribution in [-0.2, 0) is 4.79 Å². The van der Waals surface area contributed by atoms with Crippen molar-refractivity contribution >= 4 is 51.9 Å². The van der Waals surface area contributed by atoms with E-state index in [1.165, 1.54) is 23.9 Å². The van der Waals surface area contributed by atoms with Gasteiger partial charge in [-0.25, -0.2) is 4.99 Å². The Balaban J connectivity index is 1.97. The van der Waals surface area contributed by atoms with Gasteiger partial charge in [0, 0.05) is 12.6 Å². The third-order valence-corrected chi connectivity index (χ3v) is 5.49. The molecule has 0 radical (unpaired) electrons. The van der Waals surface area contributed by atoms with Crippen molar-refractivity contribution in [1.82, 2.24) is 4.90 Å². The number of aliphatic imine (C=N–C) groups is 1. The summed E-state index contributed by atoms with van der Waals surface area (Å²) in [5.74, 6) is 0.103. The SMILES string of the molecule is Cc1ccc(N=C2S/C(=C/c3ccc(Cl)c([N+](=O)[O-])c3)C(=O)N2CC(C)C)cc1. The van der Waals surface area contributed by atoms with Gasteiger partial charge >= 0.3 is 0 Å². The minimum atomic E-state index is -0.538.